The van der Waals surface area contributed by atoms with Crippen molar-refractivity contribution in [1.29, 1.82) is 0 Å². The third kappa shape index (κ3) is 4.80. The number of carbonyl (C=O) groups is 2. The number of carbonyl (C=O) groups excluding carboxylic acids is 2. The molecule has 27 heavy (non-hydrogen) atoms. The molecule has 0 aliphatic rings. The van der Waals surface area contributed by atoms with Crippen molar-refractivity contribution in [2.24, 2.45) is 0 Å². The molecule has 0 bridgehead atoms. The first kappa shape index (κ1) is 19.2. The van der Waals surface area contributed by atoms with Gasteiger partial charge in [0, 0.05) is 22.6 Å². The second kappa shape index (κ2) is 8.44. The summed E-state index contributed by atoms with van der Waals surface area (Å²) in [6, 6.07) is 15.6. The molecule has 0 heterocycles. The fourth-order valence-electron chi connectivity index (χ4n) is 2.32. The number of esters is 2. The Bertz CT molecular complexity index is 1030. The summed E-state index contributed by atoms with van der Waals surface area (Å²) in [5.74, 6) is -1.22. The van der Waals surface area contributed by atoms with Crippen molar-refractivity contribution in [2.75, 3.05) is 0 Å². The van der Waals surface area contributed by atoms with Crippen LogP contribution in [0.15, 0.2) is 66.7 Å². The number of rotatable bonds is 4. The predicted molar refractivity (Wildman–Crippen MR) is 106 cm³/mol. The van der Waals surface area contributed by atoms with E-state index in [2.05, 4.69) is 0 Å². The van der Waals surface area contributed by atoms with Crippen LogP contribution in [0.4, 0.5) is 0 Å². The Kier molecular flexibility index (Phi) is 6.01. The van der Waals surface area contributed by atoms with E-state index >= 15 is 0 Å². The zero-order chi connectivity index (χ0) is 19.4. The van der Waals surface area contributed by atoms with Crippen molar-refractivity contribution in [3.05, 3.63) is 81.8 Å². The van der Waals surface area contributed by atoms with Crippen molar-refractivity contribution < 1.29 is 19.1 Å². The third-order valence-electron chi connectivity index (χ3n) is 3.48. The smallest absolute Gasteiger partial charge is 0.336 e. The van der Waals surface area contributed by atoms with Crippen molar-refractivity contribution in [1.82, 2.24) is 0 Å². The van der Waals surface area contributed by atoms with Crippen molar-refractivity contribution in [2.45, 2.75) is 0 Å². The van der Waals surface area contributed by atoms with E-state index < -0.39 is 11.9 Å². The average Bonchev–Trinajstić information content (AvgIpc) is 2.63. The molecule has 3 aromatic carbocycles. The fraction of sp³-hybridized carbons (Fsp3) is 0. The van der Waals surface area contributed by atoms with E-state index in [0.717, 1.165) is 22.9 Å². The van der Waals surface area contributed by atoms with E-state index in [-0.39, 0.29) is 15.8 Å². The molecule has 0 aliphatic carbocycles. The number of halogens is 3. The molecule has 0 saturated heterocycles. The molecule has 4 nitrogen and oxygen atoms in total. The molecule has 3 aromatic rings. The van der Waals surface area contributed by atoms with E-state index in [4.69, 9.17) is 44.3 Å². The van der Waals surface area contributed by atoms with Crippen LogP contribution >= 0.6 is 34.8 Å². The number of ether oxygens (including phenoxy) is 2. The normalized spacial score (nSPS) is 10.9. The standard InChI is InChI=1S/C20H11Cl3O4/c21-13-10-15(22)20(16(23)11-13)27-19(25)9-8-18(24)26-17-7-3-5-12-4-1-2-6-14(12)17/h1-11H/b9-8+. The molecular weight excluding hydrogens is 411 g/mol. The lowest BCUT2D eigenvalue weighted by atomic mass is 10.1. The highest BCUT2D eigenvalue weighted by atomic mass is 35.5. The molecule has 0 saturated carbocycles. The van der Waals surface area contributed by atoms with Crippen molar-refractivity contribution in [3.63, 3.8) is 0 Å². The third-order valence-corrected chi connectivity index (χ3v) is 4.26. The minimum Gasteiger partial charge on any atom is -0.423 e. The van der Waals surface area contributed by atoms with E-state index in [1.54, 1.807) is 12.1 Å². The number of hydrogen-bond donors (Lipinski definition) is 0. The maximum atomic E-state index is 12.0. The lowest BCUT2D eigenvalue weighted by molar-refractivity contribution is -0.131. The van der Waals surface area contributed by atoms with Gasteiger partial charge in [-0.25, -0.2) is 9.59 Å². The van der Waals surface area contributed by atoms with Crippen LogP contribution in [-0.2, 0) is 9.59 Å². The lowest BCUT2D eigenvalue weighted by Crippen LogP contribution is -2.09. The van der Waals surface area contributed by atoms with Crippen molar-refractivity contribution >= 4 is 57.5 Å². The molecule has 0 spiro atoms. The van der Waals surface area contributed by atoms with Gasteiger partial charge < -0.3 is 9.47 Å². The first-order chi connectivity index (χ1) is 12.9. The van der Waals surface area contributed by atoms with Gasteiger partial charge >= 0.3 is 11.9 Å². The van der Waals surface area contributed by atoms with Crippen LogP contribution in [0.25, 0.3) is 10.8 Å². The molecular formula is C20H11Cl3O4. The minimum absolute atomic E-state index is 0.0418. The fourth-order valence-corrected chi connectivity index (χ4v) is 3.22. The zero-order valence-corrected chi connectivity index (χ0v) is 15.9. The Morgan fingerprint density at radius 1 is 0.778 bits per heavy atom. The molecule has 3 rings (SSSR count). The van der Waals surface area contributed by atoms with Crippen LogP contribution in [-0.4, -0.2) is 11.9 Å². The summed E-state index contributed by atoms with van der Waals surface area (Å²) in [5.41, 5.74) is 0. The molecule has 0 atom stereocenters. The number of benzene rings is 3. The van der Waals surface area contributed by atoms with Crippen LogP contribution in [0, 0.1) is 0 Å². The first-order valence-corrected chi connectivity index (χ1v) is 8.81. The number of hydrogen-bond acceptors (Lipinski definition) is 4. The van der Waals surface area contributed by atoms with E-state index in [9.17, 15) is 9.59 Å². The summed E-state index contributed by atoms with van der Waals surface area (Å²) in [6.45, 7) is 0. The molecule has 0 aliphatic heterocycles. The Morgan fingerprint density at radius 3 is 2.07 bits per heavy atom. The molecule has 0 aromatic heterocycles. The summed E-state index contributed by atoms with van der Waals surface area (Å²) in [7, 11) is 0. The SMILES string of the molecule is O=C(/C=C/C(=O)Oc1cccc2ccccc12)Oc1c(Cl)cc(Cl)cc1Cl. The lowest BCUT2D eigenvalue weighted by Gasteiger charge is -2.07. The minimum atomic E-state index is -0.837. The Hall–Kier alpha value is -2.53. The summed E-state index contributed by atoms with van der Waals surface area (Å²) < 4.78 is 10.3. The maximum absolute atomic E-state index is 12.0. The Balaban J connectivity index is 1.69. The van der Waals surface area contributed by atoms with Crippen LogP contribution in [0.5, 0.6) is 11.5 Å². The topological polar surface area (TPSA) is 52.6 Å². The van der Waals surface area contributed by atoms with E-state index in [0.29, 0.717) is 10.8 Å². The Morgan fingerprint density at radius 2 is 1.37 bits per heavy atom. The van der Waals surface area contributed by atoms with Gasteiger partial charge in [0.2, 0.25) is 0 Å². The Labute approximate surface area is 169 Å². The summed E-state index contributed by atoms with van der Waals surface area (Å²) in [5, 5.41) is 2.17. The molecule has 0 unspecified atom stereocenters. The van der Waals surface area contributed by atoms with Crippen LogP contribution < -0.4 is 9.47 Å². The quantitative estimate of drug-likeness (QED) is 0.300. The van der Waals surface area contributed by atoms with E-state index in [1.165, 1.54) is 12.1 Å². The predicted octanol–water partition coefficient (Wildman–Crippen LogP) is 5.87. The molecule has 0 N–H and O–H groups in total. The van der Waals surface area contributed by atoms with Crippen LogP contribution in [0.2, 0.25) is 15.1 Å². The first-order valence-electron chi connectivity index (χ1n) is 7.68. The van der Waals surface area contributed by atoms with Gasteiger partial charge in [-0.1, -0.05) is 71.2 Å². The molecule has 0 radical (unpaired) electrons. The van der Waals surface area contributed by atoms with Gasteiger partial charge in [0.05, 0.1) is 10.0 Å². The highest BCUT2D eigenvalue weighted by Crippen LogP contribution is 2.35. The summed E-state index contributed by atoms with van der Waals surface area (Å²) >= 11 is 17.7. The average molecular weight is 422 g/mol. The summed E-state index contributed by atoms with van der Waals surface area (Å²) in [6.07, 6.45) is 1.89. The van der Waals surface area contributed by atoms with E-state index in [1.807, 2.05) is 30.3 Å². The second-order valence-electron chi connectivity index (χ2n) is 5.35. The molecule has 7 heteroatoms. The molecule has 0 fully saturated rings. The molecule has 136 valence electrons. The van der Waals surface area contributed by atoms with Gasteiger partial charge in [-0.2, -0.15) is 0 Å². The van der Waals surface area contributed by atoms with Crippen LogP contribution in [0.3, 0.4) is 0 Å². The van der Waals surface area contributed by atoms with Gasteiger partial charge in [0.1, 0.15) is 5.75 Å². The largest absolute Gasteiger partial charge is 0.423 e. The maximum Gasteiger partial charge on any atom is 0.336 e. The zero-order valence-electron chi connectivity index (χ0n) is 13.6. The van der Waals surface area contributed by atoms with Gasteiger partial charge in [0.15, 0.2) is 5.75 Å². The van der Waals surface area contributed by atoms with Gasteiger partial charge in [-0.15, -0.1) is 0 Å². The highest BCUT2D eigenvalue weighted by Gasteiger charge is 2.13. The molecule has 0 amide bonds. The van der Waals surface area contributed by atoms with Crippen molar-refractivity contribution in [3.8, 4) is 11.5 Å². The van der Waals surface area contributed by atoms with Gasteiger partial charge in [-0.3, -0.25) is 0 Å². The van der Waals surface area contributed by atoms with Gasteiger partial charge in [0.25, 0.3) is 0 Å². The van der Waals surface area contributed by atoms with Gasteiger partial charge in [-0.05, 0) is 23.6 Å². The summed E-state index contributed by atoms with van der Waals surface area (Å²) in [4.78, 5) is 23.9. The monoisotopic (exact) mass is 420 g/mol. The highest BCUT2D eigenvalue weighted by molar-refractivity contribution is 6.40. The van der Waals surface area contributed by atoms with Crippen LogP contribution in [0.1, 0.15) is 0 Å². The number of fused-ring (bicyclic) bond motifs is 1. The second-order valence-corrected chi connectivity index (χ2v) is 6.60.